The number of pyridine rings is 1. The Morgan fingerprint density at radius 2 is 2.05 bits per heavy atom. The smallest absolute Gasteiger partial charge is 0.180 e. The fourth-order valence-corrected chi connectivity index (χ4v) is 2.82. The molecule has 0 N–H and O–H groups in total. The van der Waals surface area contributed by atoms with E-state index in [9.17, 15) is 0 Å². The van der Waals surface area contributed by atoms with E-state index in [-0.39, 0.29) is 0 Å². The lowest BCUT2D eigenvalue weighted by molar-refractivity contribution is 0.405. The normalized spacial score (nSPS) is 15.4. The molecule has 106 valence electrons. The number of anilines is 1. The summed E-state index contributed by atoms with van der Waals surface area (Å²) in [5.74, 6) is 1.67. The van der Waals surface area contributed by atoms with Crippen molar-refractivity contribution in [1.29, 1.82) is 0 Å². The molecule has 0 unspecified atom stereocenters. The summed E-state index contributed by atoms with van der Waals surface area (Å²) in [6.45, 7) is 2.07. The van der Waals surface area contributed by atoms with Crippen LogP contribution < -0.4 is 4.90 Å². The van der Waals surface area contributed by atoms with Gasteiger partial charge in [0.25, 0.3) is 0 Å². The quantitative estimate of drug-likeness (QED) is 0.726. The number of rotatable bonds is 3. The summed E-state index contributed by atoms with van der Waals surface area (Å²) in [5, 5.41) is 4.21. The second-order valence-electron chi connectivity index (χ2n) is 5.57. The molecule has 1 aliphatic rings. The van der Waals surface area contributed by atoms with Crippen molar-refractivity contribution in [3.05, 3.63) is 42.5 Å². The molecule has 6 nitrogen and oxygen atoms in total. The van der Waals surface area contributed by atoms with Crippen LogP contribution in [0.25, 0.3) is 11.2 Å². The first-order valence-corrected chi connectivity index (χ1v) is 7.08. The Labute approximate surface area is 122 Å². The van der Waals surface area contributed by atoms with Gasteiger partial charge in [-0.05, 0) is 30.0 Å². The maximum absolute atomic E-state index is 4.58. The lowest BCUT2D eigenvalue weighted by Gasteiger charge is -2.40. The third-order valence-electron chi connectivity index (χ3n) is 3.88. The third-order valence-corrected chi connectivity index (χ3v) is 3.88. The summed E-state index contributed by atoms with van der Waals surface area (Å²) in [6.07, 6.45) is 8.49. The number of aryl methyl sites for hydroxylation is 1. The SMILES string of the molecule is Cn1cc(CC2CN(c3ccc4nccnc4n3)C2)cn1. The van der Waals surface area contributed by atoms with Crippen molar-refractivity contribution in [3.8, 4) is 0 Å². The standard InChI is InChI=1S/C15H16N6/c1-20-8-11(7-18-20)6-12-9-21(10-12)14-3-2-13-15(19-14)17-5-4-16-13/h2-5,7-8,12H,6,9-10H2,1H3. The molecule has 0 aliphatic carbocycles. The van der Waals surface area contributed by atoms with Gasteiger partial charge in [-0.15, -0.1) is 0 Å². The summed E-state index contributed by atoms with van der Waals surface area (Å²) in [5.41, 5.74) is 2.86. The Bertz CT molecular complexity index is 774. The molecule has 1 fully saturated rings. The molecular formula is C15H16N6. The Kier molecular flexibility index (Phi) is 2.80. The molecule has 4 rings (SSSR count). The van der Waals surface area contributed by atoms with E-state index in [1.54, 1.807) is 12.4 Å². The molecule has 0 aromatic carbocycles. The minimum absolute atomic E-state index is 0.675. The first kappa shape index (κ1) is 12.3. The maximum Gasteiger partial charge on any atom is 0.180 e. The van der Waals surface area contributed by atoms with Crippen LogP contribution in [0.1, 0.15) is 5.56 Å². The van der Waals surface area contributed by atoms with Gasteiger partial charge < -0.3 is 4.90 Å². The lowest BCUT2D eigenvalue weighted by atomic mass is 9.93. The summed E-state index contributed by atoms with van der Waals surface area (Å²) < 4.78 is 1.86. The number of hydrogen-bond acceptors (Lipinski definition) is 5. The molecule has 3 aromatic rings. The van der Waals surface area contributed by atoms with Gasteiger partial charge in [-0.1, -0.05) is 0 Å². The lowest BCUT2D eigenvalue weighted by Crippen LogP contribution is -2.48. The molecule has 0 radical (unpaired) electrons. The van der Waals surface area contributed by atoms with Crippen molar-refractivity contribution in [1.82, 2.24) is 24.7 Å². The van der Waals surface area contributed by atoms with Gasteiger partial charge in [-0.25, -0.2) is 9.97 Å². The second kappa shape index (κ2) is 4.80. The fraction of sp³-hybridized carbons (Fsp3) is 0.333. The molecule has 0 spiro atoms. The summed E-state index contributed by atoms with van der Waals surface area (Å²) in [4.78, 5) is 15.4. The average molecular weight is 280 g/mol. The van der Waals surface area contributed by atoms with E-state index in [1.807, 2.05) is 30.1 Å². The molecule has 3 aromatic heterocycles. The van der Waals surface area contributed by atoms with Crippen LogP contribution in [-0.4, -0.2) is 37.8 Å². The highest BCUT2D eigenvalue weighted by atomic mass is 15.3. The van der Waals surface area contributed by atoms with E-state index in [4.69, 9.17) is 0 Å². The van der Waals surface area contributed by atoms with E-state index < -0.39 is 0 Å². The molecule has 0 atom stereocenters. The molecule has 0 saturated carbocycles. The minimum Gasteiger partial charge on any atom is -0.356 e. The molecule has 1 aliphatic heterocycles. The van der Waals surface area contributed by atoms with Gasteiger partial charge in [0.05, 0.1) is 6.20 Å². The van der Waals surface area contributed by atoms with Crippen LogP contribution >= 0.6 is 0 Å². The van der Waals surface area contributed by atoms with Gasteiger partial charge in [0.2, 0.25) is 0 Å². The summed E-state index contributed by atoms with van der Waals surface area (Å²) >= 11 is 0. The predicted molar refractivity (Wildman–Crippen MR) is 79.9 cm³/mol. The van der Waals surface area contributed by atoms with E-state index in [0.717, 1.165) is 30.8 Å². The van der Waals surface area contributed by atoms with Crippen molar-refractivity contribution >= 4 is 17.0 Å². The molecule has 1 saturated heterocycles. The highest BCUT2D eigenvalue weighted by Gasteiger charge is 2.28. The highest BCUT2D eigenvalue weighted by molar-refractivity contribution is 5.71. The van der Waals surface area contributed by atoms with Crippen LogP contribution in [0.4, 0.5) is 5.82 Å². The van der Waals surface area contributed by atoms with E-state index in [1.165, 1.54) is 5.56 Å². The molecule has 6 heteroatoms. The fourth-order valence-electron chi connectivity index (χ4n) is 2.82. The largest absolute Gasteiger partial charge is 0.356 e. The van der Waals surface area contributed by atoms with Crippen molar-refractivity contribution in [2.45, 2.75) is 6.42 Å². The van der Waals surface area contributed by atoms with Gasteiger partial charge in [0, 0.05) is 38.7 Å². The molecule has 4 heterocycles. The predicted octanol–water partition coefficient (Wildman–Crippen LogP) is 1.44. The van der Waals surface area contributed by atoms with Crippen LogP contribution in [0.15, 0.2) is 36.9 Å². The average Bonchev–Trinajstić information content (AvgIpc) is 2.87. The number of aromatic nitrogens is 5. The van der Waals surface area contributed by atoms with Gasteiger partial charge in [0.1, 0.15) is 11.3 Å². The zero-order valence-electron chi connectivity index (χ0n) is 11.8. The number of fused-ring (bicyclic) bond motifs is 1. The number of hydrogen-bond donors (Lipinski definition) is 0. The summed E-state index contributed by atoms with van der Waals surface area (Å²) in [6, 6.07) is 4.01. The second-order valence-corrected chi connectivity index (χ2v) is 5.57. The molecule has 21 heavy (non-hydrogen) atoms. The van der Waals surface area contributed by atoms with E-state index in [0.29, 0.717) is 11.6 Å². The van der Waals surface area contributed by atoms with Gasteiger partial charge in [-0.2, -0.15) is 5.10 Å². The first-order chi connectivity index (χ1) is 10.3. The maximum atomic E-state index is 4.58. The molecular weight excluding hydrogens is 264 g/mol. The van der Waals surface area contributed by atoms with Gasteiger partial charge in [0.15, 0.2) is 5.65 Å². The Balaban J connectivity index is 1.44. The molecule has 0 bridgehead atoms. The molecule has 0 amide bonds. The minimum atomic E-state index is 0.675. The monoisotopic (exact) mass is 280 g/mol. The van der Waals surface area contributed by atoms with Crippen LogP contribution in [0, 0.1) is 5.92 Å². The Morgan fingerprint density at radius 3 is 2.86 bits per heavy atom. The van der Waals surface area contributed by atoms with Crippen LogP contribution in [-0.2, 0) is 13.5 Å². The van der Waals surface area contributed by atoms with Crippen molar-refractivity contribution in [3.63, 3.8) is 0 Å². The van der Waals surface area contributed by atoms with Crippen LogP contribution in [0.5, 0.6) is 0 Å². The topological polar surface area (TPSA) is 59.7 Å². The Morgan fingerprint density at radius 1 is 1.19 bits per heavy atom. The third kappa shape index (κ3) is 2.33. The first-order valence-electron chi connectivity index (χ1n) is 7.08. The summed E-state index contributed by atoms with van der Waals surface area (Å²) in [7, 11) is 1.95. The van der Waals surface area contributed by atoms with E-state index >= 15 is 0 Å². The van der Waals surface area contributed by atoms with Crippen LogP contribution in [0.3, 0.4) is 0 Å². The van der Waals surface area contributed by atoms with Gasteiger partial charge >= 0.3 is 0 Å². The number of nitrogens with zero attached hydrogens (tertiary/aromatic N) is 6. The Hall–Kier alpha value is -2.50. The van der Waals surface area contributed by atoms with E-state index in [2.05, 4.69) is 31.1 Å². The van der Waals surface area contributed by atoms with Crippen molar-refractivity contribution in [2.24, 2.45) is 13.0 Å². The highest BCUT2D eigenvalue weighted by Crippen LogP contribution is 2.26. The van der Waals surface area contributed by atoms with Gasteiger partial charge in [-0.3, -0.25) is 9.67 Å². The van der Waals surface area contributed by atoms with Crippen molar-refractivity contribution < 1.29 is 0 Å². The van der Waals surface area contributed by atoms with Crippen LogP contribution in [0.2, 0.25) is 0 Å². The zero-order chi connectivity index (χ0) is 14.2. The van der Waals surface area contributed by atoms with Crippen molar-refractivity contribution in [2.75, 3.05) is 18.0 Å². The zero-order valence-corrected chi connectivity index (χ0v) is 11.8.